The first-order valence-electron chi connectivity index (χ1n) is 9.07. The molecular formula is C21H24ClFN2O2. The molecule has 1 fully saturated rings. The maximum absolute atomic E-state index is 12.9. The number of nitrogens with one attached hydrogen (secondary N) is 1. The lowest BCUT2D eigenvalue weighted by Crippen LogP contribution is -2.34. The monoisotopic (exact) mass is 390 g/mol. The van der Waals surface area contributed by atoms with E-state index in [0.717, 1.165) is 31.8 Å². The molecule has 4 nitrogen and oxygen atoms in total. The maximum atomic E-state index is 12.9. The van der Waals surface area contributed by atoms with Crippen molar-refractivity contribution >= 4 is 18.3 Å². The quantitative estimate of drug-likeness (QED) is 0.852. The molecule has 0 bridgehead atoms. The minimum atomic E-state index is -0.333. The number of ether oxygens (including phenoxy) is 1. The number of nitrogens with zero attached hydrogens (tertiary/aromatic N) is 1. The SMILES string of the molecule is COc1cccc2c1C1CN(CCNC(=O)c3ccc(F)cc3)CC1C2.Cl. The van der Waals surface area contributed by atoms with Gasteiger partial charge in [-0.3, -0.25) is 4.79 Å². The lowest BCUT2D eigenvalue weighted by Gasteiger charge is -2.18. The summed E-state index contributed by atoms with van der Waals surface area (Å²) in [5, 5.41) is 2.92. The van der Waals surface area contributed by atoms with Crippen molar-refractivity contribution in [3.63, 3.8) is 0 Å². The van der Waals surface area contributed by atoms with Crippen LogP contribution in [0.4, 0.5) is 4.39 Å². The molecule has 0 saturated carbocycles. The van der Waals surface area contributed by atoms with E-state index < -0.39 is 0 Å². The number of amides is 1. The van der Waals surface area contributed by atoms with E-state index in [2.05, 4.69) is 22.3 Å². The van der Waals surface area contributed by atoms with Crippen LogP contribution in [0.25, 0.3) is 0 Å². The zero-order valence-corrected chi connectivity index (χ0v) is 16.1. The van der Waals surface area contributed by atoms with Gasteiger partial charge in [-0.2, -0.15) is 0 Å². The number of halogens is 2. The van der Waals surface area contributed by atoms with Crippen LogP contribution >= 0.6 is 12.4 Å². The minimum absolute atomic E-state index is 0. The second-order valence-corrected chi connectivity index (χ2v) is 7.13. The van der Waals surface area contributed by atoms with Crippen LogP contribution in [0.1, 0.15) is 27.4 Å². The van der Waals surface area contributed by atoms with Gasteiger partial charge in [0.05, 0.1) is 7.11 Å². The van der Waals surface area contributed by atoms with Gasteiger partial charge in [-0.05, 0) is 48.2 Å². The predicted octanol–water partition coefficient (Wildman–Crippen LogP) is 3.26. The van der Waals surface area contributed by atoms with Crippen molar-refractivity contribution in [2.75, 3.05) is 33.3 Å². The maximum Gasteiger partial charge on any atom is 0.251 e. The number of rotatable bonds is 5. The lowest BCUT2D eigenvalue weighted by atomic mass is 9.96. The Morgan fingerprint density at radius 1 is 1.22 bits per heavy atom. The summed E-state index contributed by atoms with van der Waals surface area (Å²) in [7, 11) is 1.74. The number of likely N-dealkylation sites (tertiary alicyclic amines) is 1. The van der Waals surface area contributed by atoms with Gasteiger partial charge in [0, 0.05) is 43.2 Å². The van der Waals surface area contributed by atoms with Gasteiger partial charge >= 0.3 is 0 Å². The summed E-state index contributed by atoms with van der Waals surface area (Å²) >= 11 is 0. The summed E-state index contributed by atoms with van der Waals surface area (Å²) < 4.78 is 18.5. The first-order chi connectivity index (χ1) is 12.7. The van der Waals surface area contributed by atoms with E-state index in [1.807, 2.05) is 6.07 Å². The second-order valence-electron chi connectivity index (χ2n) is 7.13. The number of hydrogen-bond donors (Lipinski definition) is 1. The molecule has 6 heteroatoms. The van der Waals surface area contributed by atoms with Crippen molar-refractivity contribution in [3.05, 3.63) is 65.0 Å². The Morgan fingerprint density at radius 3 is 2.74 bits per heavy atom. The van der Waals surface area contributed by atoms with Gasteiger partial charge in [0.2, 0.25) is 0 Å². The van der Waals surface area contributed by atoms with Gasteiger partial charge < -0.3 is 15.0 Å². The number of benzene rings is 2. The van der Waals surface area contributed by atoms with Crippen molar-refractivity contribution in [3.8, 4) is 5.75 Å². The van der Waals surface area contributed by atoms with Crippen molar-refractivity contribution in [1.29, 1.82) is 0 Å². The van der Waals surface area contributed by atoms with Crippen LogP contribution in [0.3, 0.4) is 0 Å². The van der Waals surface area contributed by atoms with E-state index in [9.17, 15) is 9.18 Å². The number of methoxy groups -OCH3 is 1. The van der Waals surface area contributed by atoms with Crippen molar-refractivity contribution in [2.24, 2.45) is 5.92 Å². The highest BCUT2D eigenvalue weighted by atomic mass is 35.5. The molecule has 1 heterocycles. The van der Waals surface area contributed by atoms with Gasteiger partial charge in [-0.15, -0.1) is 12.4 Å². The Hall–Kier alpha value is -2.11. The summed E-state index contributed by atoms with van der Waals surface area (Å²) in [6.07, 6.45) is 1.11. The minimum Gasteiger partial charge on any atom is -0.496 e. The van der Waals surface area contributed by atoms with Crippen molar-refractivity contribution < 1.29 is 13.9 Å². The Morgan fingerprint density at radius 2 is 2.00 bits per heavy atom. The zero-order valence-electron chi connectivity index (χ0n) is 15.3. The molecular weight excluding hydrogens is 367 g/mol. The first kappa shape index (κ1) is 19.6. The van der Waals surface area contributed by atoms with E-state index in [1.54, 1.807) is 7.11 Å². The summed E-state index contributed by atoms with van der Waals surface area (Å²) in [5.41, 5.74) is 3.28. The van der Waals surface area contributed by atoms with Crippen molar-refractivity contribution in [2.45, 2.75) is 12.3 Å². The standard InChI is InChI=1S/C21H23FN2O2.ClH/c1-26-19-4-2-3-15-11-16-12-24(13-18(16)20(15)19)10-9-23-21(25)14-5-7-17(22)8-6-14;/h2-8,16,18H,9-13H2,1H3,(H,23,25);1H. The van der Waals surface area contributed by atoms with Gasteiger partial charge in [0.1, 0.15) is 11.6 Å². The van der Waals surface area contributed by atoms with Crippen LogP contribution in [0.2, 0.25) is 0 Å². The molecule has 0 aromatic heterocycles. The molecule has 144 valence electrons. The molecule has 2 aliphatic rings. The van der Waals surface area contributed by atoms with Gasteiger partial charge in [-0.1, -0.05) is 12.1 Å². The van der Waals surface area contributed by atoms with Crippen LogP contribution in [-0.4, -0.2) is 44.1 Å². The third kappa shape index (κ3) is 3.94. The average molecular weight is 391 g/mol. The number of hydrogen-bond acceptors (Lipinski definition) is 3. The highest BCUT2D eigenvalue weighted by molar-refractivity contribution is 5.94. The number of carbonyl (C=O) groups is 1. The van der Waals surface area contributed by atoms with Crippen LogP contribution in [0.15, 0.2) is 42.5 Å². The fraction of sp³-hybridized carbons (Fsp3) is 0.381. The first-order valence-corrected chi connectivity index (χ1v) is 9.07. The fourth-order valence-electron chi connectivity index (χ4n) is 4.36. The molecule has 0 spiro atoms. The van der Waals surface area contributed by atoms with Gasteiger partial charge in [0.25, 0.3) is 5.91 Å². The Kier molecular flexibility index (Phi) is 6.02. The molecule has 1 N–H and O–H groups in total. The third-order valence-electron chi connectivity index (χ3n) is 5.57. The van der Waals surface area contributed by atoms with E-state index in [1.165, 1.54) is 35.4 Å². The van der Waals surface area contributed by atoms with Crippen LogP contribution in [-0.2, 0) is 6.42 Å². The Labute approximate surface area is 165 Å². The molecule has 2 aromatic carbocycles. The zero-order chi connectivity index (χ0) is 18.1. The van der Waals surface area contributed by atoms with Crippen LogP contribution < -0.4 is 10.1 Å². The number of fused-ring (bicyclic) bond motifs is 3. The Bertz CT molecular complexity index is 812. The predicted molar refractivity (Wildman–Crippen MR) is 105 cm³/mol. The fourth-order valence-corrected chi connectivity index (χ4v) is 4.36. The van der Waals surface area contributed by atoms with Gasteiger partial charge in [-0.25, -0.2) is 4.39 Å². The summed E-state index contributed by atoms with van der Waals surface area (Å²) in [6, 6.07) is 12.0. The normalized spacial score (nSPS) is 20.5. The molecule has 2 atom stereocenters. The largest absolute Gasteiger partial charge is 0.496 e. The molecule has 1 aliphatic heterocycles. The second kappa shape index (κ2) is 8.28. The van der Waals surface area contributed by atoms with E-state index in [4.69, 9.17) is 4.74 Å². The van der Waals surface area contributed by atoms with Crippen LogP contribution in [0, 0.1) is 11.7 Å². The highest BCUT2D eigenvalue weighted by Crippen LogP contribution is 2.46. The molecule has 27 heavy (non-hydrogen) atoms. The van der Waals surface area contributed by atoms with E-state index in [0.29, 0.717) is 23.9 Å². The molecule has 1 aliphatic carbocycles. The molecule has 2 unspecified atom stereocenters. The summed E-state index contributed by atoms with van der Waals surface area (Å²) in [6.45, 7) is 3.47. The third-order valence-corrected chi connectivity index (χ3v) is 5.57. The average Bonchev–Trinajstić information content (AvgIpc) is 3.19. The lowest BCUT2D eigenvalue weighted by molar-refractivity contribution is 0.0949. The summed E-state index contributed by atoms with van der Waals surface area (Å²) in [4.78, 5) is 14.5. The van der Waals surface area contributed by atoms with E-state index in [-0.39, 0.29) is 24.1 Å². The Balaban J connectivity index is 0.00000210. The topological polar surface area (TPSA) is 41.6 Å². The highest BCUT2D eigenvalue weighted by Gasteiger charge is 2.41. The molecule has 1 amide bonds. The molecule has 2 aromatic rings. The molecule has 1 saturated heterocycles. The molecule has 0 radical (unpaired) electrons. The molecule has 4 rings (SSSR count). The van der Waals surface area contributed by atoms with Crippen molar-refractivity contribution in [1.82, 2.24) is 10.2 Å². The smallest absolute Gasteiger partial charge is 0.251 e. The van der Waals surface area contributed by atoms with Crippen LogP contribution in [0.5, 0.6) is 5.75 Å². The summed E-state index contributed by atoms with van der Waals surface area (Å²) in [5.74, 6) is 1.67. The number of carbonyl (C=O) groups excluding carboxylic acids is 1. The van der Waals surface area contributed by atoms with Gasteiger partial charge in [0.15, 0.2) is 0 Å². The van der Waals surface area contributed by atoms with E-state index >= 15 is 0 Å².